The Morgan fingerprint density at radius 2 is 1.77 bits per heavy atom. The summed E-state index contributed by atoms with van der Waals surface area (Å²) < 4.78 is 0. The van der Waals surface area contributed by atoms with E-state index in [1.807, 2.05) is 18.2 Å². The Kier molecular flexibility index (Phi) is 3.90. The summed E-state index contributed by atoms with van der Waals surface area (Å²) >= 11 is 0. The Labute approximate surface area is 131 Å². The topological polar surface area (TPSA) is 60.7 Å². The van der Waals surface area contributed by atoms with Gasteiger partial charge < -0.3 is 15.3 Å². The largest absolute Gasteiger partial charge is 0.508 e. The molecule has 0 bridgehead atoms. The highest BCUT2D eigenvalue weighted by Crippen LogP contribution is 2.51. The first-order chi connectivity index (χ1) is 10.5. The van der Waals surface area contributed by atoms with E-state index >= 15 is 0 Å². The van der Waals surface area contributed by atoms with Gasteiger partial charge in [0, 0.05) is 23.0 Å². The zero-order chi connectivity index (χ0) is 15.7. The van der Waals surface area contributed by atoms with E-state index in [9.17, 15) is 15.3 Å². The Balaban J connectivity index is 2.07. The molecule has 1 aromatic carbocycles. The lowest BCUT2D eigenvalue weighted by Gasteiger charge is -2.44. The molecule has 118 valence electrons. The van der Waals surface area contributed by atoms with E-state index in [2.05, 4.69) is 6.92 Å². The van der Waals surface area contributed by atoms with Crippen molar-refractivity contribution in [1.29, 1.82) is 0 Å². The summed E-state index contributed by atoms with van der Waals surface area (Å²) in [4.78, 5) is 0. The summed E-state index contributed by atoms with van der Waals surface area (Å²) in [5.41, 5.74) is 0.580. The number of benzene rings is 1. The number of aromatic hydroxyl groups is 2. The van der Waals surface area contributed by atoms with Crippen LogP contribution < -0.4 is 0 Å². The molecule has 0 aliphatic heterocycles. The van der Waals surface area contributed by atoms with Crippen LogP contribution in [0, 0.1) is 11.8 Å². The van der Waals surface area contributed by atoms with E-state index in [4.69, 9.17) is 0 Å². The molecular weight excluding hydrogens is 276 g/mol. The van der Waals surface area contributed by atoms with Gasteiger partial charge in [-0.15, -0.1) is 0 Å². The van der Waals surface area contributed by atoms with Gasteiger partial charge in [-0.05, 0) is 37.0 Å². The molecule has 3 heteroatoms. The fourth-order valence-electron chi connectivity index (χ4n) is 4.22. The van der Waals surface area contributed by atoms with Crippen LogP contribution in [-0.2, 0) is 5.41 Å². The highest BCUT2D eigenvalue weighted by Gasteiger charge is 2.43. The SMILES string of the molecule is CC(c1ccc(O)cc1O)(C1C=CC(O)=C1)C1CCCCC1. The van der Waals surface area contributed by atoms with Crippen LogP contribution in [0.4, 0.5) is 0 Å². The fraction of sp³-hybridized carbons (Fsp3) is 0.474. The maximum absolute atomic E-state index is 10.4. The van der Waals surface area contributed by atoms with Crippen LogP contribution in [0.3, 0.4) is 0 Å². The van der Waals surface area contributed by atoms with E-state index in [0.29, 0.717) is 11.7 Å². The first kappa shape index (κ1) is 15.0. The standard InChI is InChI=1S/C19H24O3/c1-19(13-5-3-2-4-6-13,14-7-8-15(20)11-14)17-10-9-16(21)12-18(17)22/h7-14,20-22H,2-6H2,1H3. The average Bonchev–Trinajstić information content (AvgIpc) is 2.94. The molecule has 2 aliphatic carbocycles. The lowest BCUT2D eigenvalue weighted by molar-refractivity contribution is 0.185. The number of hydrogen-bond acceptors (Lipinski definition) is 3. The van der Waals surface area contributed by atoms with Crippen LogP contribution in [0.1, 0.15) is 44.6 Å². The van der Waals surface area contributed by atoms with Crippen molar-refractivity contribution in [2.24, 2.45) is 11.8 Å². The van der Waals surface area contributed by atoms with Crippen molar-refractivity contribution >= 4 is 0 Å². The summed E-state index contributed by atoms with van der Waals surface area (Å²) in [5.74, 6) is 1.03. The molecular formula is C19H24O3. The fourth-order valence-corrected chi connectivity index (χ4v) is 4.22. The molecule has 0 spiro atoms. The number of allylic oxidation sites excluding steroid dienone is 3. The monoisotopic (exact) mass is 300 g/mol. The van der Waals surface area contributed by atoms with Crippen LogP contribution >= 0.6 is 0 Å². The zero-order valence-electron chi connectivity index (χ0n) is 13.0. The number of aliphatic hydroxyl groups excluding tert-OH is 1. The van der Waals surface area contributed by atoms with Gasteiger partial charge in [0.1, 0.15) is 17.3 Å². The van der Waals surface area contributed by atoms with Gasteiger partial charge in [-0.1, -0.05) is 38.3 Å². The van der Waals surface area contributed by atoms with Gasteiger partial charge in [0.15, 0.2) is 0 Å². The molecule has 22 heavy (non-hydrogen) atoms. The second kappa shape index (κ2) is 5.71. The third kappa shape index (κ3) is 2.49. The lowest BCUT2D eigenvalue weighted by atomic mass is 9.60. The summed E-state index contributed by atoms with van der Waals surface area (Å²) in [6.07, 6.45) is 11.6. The van der Waals surface area contributed by atoms with E-state index < -0.39 is 0 Å². The third-order valence-electron chi connectivity index (χ3n) is 5.53. The molecule has 3 N–H and O–H groups in total. The first-order valence-electron chi connectivity index (χ1n) is 8.13. The van der Waals surface area contributed by atoms with E-state index in [1.165, 1.54) is 25.3 Å². The molecule has 2 unspecified atom stereocenters. The van der Waals surface area contributed by atoms with Crippen LogP contribution in [0.5, 0.6) is 11.5 Å². The Morgan fingerprint density at radius 3 is 2.36 bits per heavy atom. The van der Waals surface area contributed by atoms with Gasteiger partial charge in [-0.2, -0.15) is 0 Å². The molecule has 3 nitrogen and oxygen atoms in total. The van der Waals surface area contributed by atoms with Crippen molar-refractivity contribution < 1.29 is 15.3 Å². The summed E-state index contributed by atoms with van der Waals surface area (Å²) in [7, 11) is 0. The van der Waals surface area contributed by atoms with E-state index in [0.717, 1.165) is 18.4 Å². The molecule has 2 aliphatic rings. The smallest absolute Gasteiger partial charge is 0.123 e. The summed E-state index contributed by atoms with van der Waals surface area (Å²) in [6.45, 7) is 2.18. The highest BCUT2D eigenvalue weighted by molar-refractivity contribution is 5.46. The molecule has 3 rings (SSSR count). The van der Waals surface area contributed by atoms with Crippen LogP contribution in [-0.4, -0.2) is 15.3 Å². The van der Waals surface area contributed by atoms with Crippen molar-refractivity contribution in [2.45, 2.75) is 44.4 Å². The van der Waals surface area contributed by atoms with Crippen molar-refractivity contribution in [3.63, 3.8) is 0 Å². The Morgan fingerprint density at radius 1 is 1.05 bits per heavy atom. The van der Waals surface area contributed by atoms with Crippen molar-refractivity contribution in [2.75, 3.05) is 0 Å². The normalized spacial score (nSPS) is 25.0. The third-order valence-corrected chi connectivity index (χ3v) is 5.53. The van der Waals surface area contributed by atoms with Crippen molar-refractivity contribution in [3.8, 4) is 11.5 Å². The van der Waals surface area contributed by atoms with Crippen molar-refractivity contribution in [3.05, 3.63) is 47.7 Å². The Bertz CT molecular complexity index is 611. The molecule has 1 fully saturated rings. The maximum atomic E-state index is 10.4. The van der Waals surface area contributed by atoms with Gasteiger partial charge in [0.2, 0.25) is 0 Å². The average molecular weight is 300 g/mol. The number of aliphatic hydroxyl groups is 1. The minimum atomic E-state index is -0.279. The predicted molar refractivity (Wildman–Crippen MR) is 87.0 cm³/mol. The molecule has 2 atom stereocenters. The van der Waals surface area contributed by atoms with Crippen LogP contribution in [0.15, 0.2) is 42.2 Å². The molecule has 0 aromatic heterocycles. The van der Waals surface area contributed by atoms with E-state index in [-0.39, 0.29) is 22.8 Å². The maximum Gasteiger partial charge on any atom is 0.123 e. The highest BCUT2D eigenvalue weighted by atomic mass is 16.3. The number of rotatable bonds is 3. The summed E-state index contributed by atoms with van der Waals surface area (Å²) in [5, 5.41) is 29.8. The molecule has 0 saturated heterocycles. The Hall–Kier alpha value is -1.90. The number of hydrogen-bond donors (Lipinski definition) is 3. The van der Waals surface area contributed by atoms with Gasteiger partial charge in [-0.3, -0.25) is 0 Å². The van der Waals surface area contributed by atoms with Gasteiger partial charge in [-0.25, -0.2) is 0 Å². The van der Waals surface area contributed by atoms with Crippen LogP contribution in [0.2, 0.25) is 0 Å². The lowest BCUT2D eigenvalue weighted by Crippen LogP contribution is -2.39. The molecule has 0 heterocycles. The van der Waals surface area contributed by atoms with Crippen LogP contribution in [0.25, 0.3) is 0 Å². The first-order valence-corrected chi connectivity index (χ1v) is 8.13. The second-order valence-corrected chi connectivity index (χ2v) is 6.80. The minimum Gasteiger partial charge on any atom is -0.508 e. The number of phenolic OH excluding ortho intramolecular Hbond substituents is 2. The van der Waals surface area contributed by atoms with Gasteiger partial charge >= 0.3 is 0 Å². The van der Waals surface area contributed by atoms with Gasteiger partial charge in [0.05, 0.1) is 0 Å². The molecule has 0 amide bonds. The molecule has 0 radical (unpaired) electrons. The summed E-state index contributed by atoms with van der Waals surface area (Å²) in [6, 6.07) is 4.88. The number of phenols is 2. The molecule has 1 aromatic rings. The quantitative estimate of drug-likeness (QED) is 0.766. The zero-order valence-corrected chi connectivity index (χ0v) is 13.0. The van der Waals surface area contributed by atoms with Crippen molar-refractivity contribution in [1.82, 2.24) is 0 Å². The molecule has 1 saturated carbocycles. The second-order valence-electron chi connectivity index (χ2n) is 6.80. The minimum absolute atomic E-state index is 0.0612. The van der Waals surface area contributed by atoms with Gasteiger partial charge in [0.25, 0.3) is 0 Å². The predicted octanol–water partition coefficient (Wildman–Crippen LogP) is 4.56. The van der Waals surface area contributed by atoms with E-state index in [1.54, 1.807) is 12.1 Å².